The number of hydrogen-bond acceptors (Lipinski definition) is 5. The molecule has 0 radical (unpaired) electrons. The quantitative estimate of drug-likeness (QED) is 0.468. The van der Waals surface area contributed by atoms with Gasteiger partial charge in [0, 0.05) is 34.8 Å². The van der Waals surface area contributed by atoms with Crippen molar-refractivity contribution in [2.75, 3.05) is 4.90 Å². The van der Waals surface area contributed by atoms with Gasteiger partial charge in [0.25, 0.3) is 0 Å². The Morgan fingerprint density at radius 1 is 1.11 bits per heavy atom. The predicted molar refractivity (Wildman–Crippen MR) is 141 cm³/mol. The van der Waals surface area contributed by atoms with E-state index in [0.29, 0.717) is 23.4 Å². The molecule has 0 amide bonds. The standard InChI is InChI=1S/C31H31FN2O4/c1-16-24(7-9-28(33-16)34-20-3-4-21(34)14-22(35)13-20)17-2-8-27(32)19(10-17)15-38-23-5-6-25-18(11-23)12-26-29(25)30(26)31(36)37/h2,5-11,20-22,26,29-30,35H,3-4,12-15H2,1H3,(H,36,37)/t20-,21+,22?,26-,29+,30+/m1/s1. The third-order valence-electron chi connectivity index (χ3n) is 9.18. The number of rotatable bonds is 6. The Bertz CT molecular complexity index is 1430. The molecule has 2 bridgehead atoms. The summed E-state index contributed by atoms with van der Waals surface area (Å²) in [4.78, 5) is 18.7. The molecule has 2 saturated heterocycles. The van der Waals surface area contributed by atoms with Crippen LogP contribution in [0.5, 0.6) is 5.75 Å². The fourth-order valence-corrected chi connectivity index (χ4v) is 7.35. The number of piperidine rings is 1. The van der Waals surface area contributed by atoms with E-state index in [-0.39, 0.29) is 36.3 Å². The number of aryl methyl sites for hydroxylation is 1. The van der Waals surface area contributed by atoms with Crippen LogP contribution in [0.1, 0.15) is 54.0 Å². The highest BCUT2D eigenvalue weighted by molar-refractivity contribution is 5.78. The maximum absolute atomic E-state index is 14.7. The number of benzene rings is 2. The highest BCUT2D eigenvalue weighted by atomic mass is 19.1. The number of aliphatic carboxylic acids is 1. The summed E-state index contributed by atoms with van der Waals surface area (Å²) in [5.41, 5.74) is 5.48. The van der Waals surface area contributed by atoms with Gasteiger partial charge in [0.2, 0.25) is 0 Å². The number of aromatic nitrogens is 1. The van der Waals surface area contributed by atoms with Crippen LogP contribution in [0.15, 0.2) is 48.5 Å². The van der Waals surface area contributed by atoms with Crippen LogP contribution in [0.4, 0.5) is 10.2 Å². The maximum atomic E-state index is 14.7. The van der Waals surface area contributed by atoms with E-state index in [4.69, 9.17) is 9.72 Å². The Morgan fingerprint density at radius 3 is 2.63 bits per heavy atom. The van der Waals surface area contributed by atoms with E-state index in [2.05, 4.69) is 17.0 Å². The SMILES string of the molecule is Cc1nc(N2[C@@H]3CC[C@H]2CC(O)C3)ccc1-c1ccc(F)c(COc2ccc3c(c2)C[C@H]2[C@H](C(=O)O)[C@@H]32)c1. The number of halogens is 1. The third-order valence-corrected chi connectivity index (χ3v) is 9.18. The van der Waals surface area contributed by atoms with E-state index in [1.807, 2.05) is 31.2 Å². The number of carboxylic acid groups (broad SMARTS) is 1. The van der Waals surface area contributed by atoms with Crippen LogP contribution in [-0.2, 0) is 17.8 Å². The first kappa shape index (κ1) is 23.7. The molecule has 3 fully saturated rings. The lowest BCUT2D eigenvalue weighted by Crippen LogP contribution is -2.45. The Morgan fingerprint density at radius 2 is 1.89 bits per heavy atom. The molecular weight excluding hydrogens is 483 g/mol. The van der Waals surface area contributed by atoms with E-state index in [1.54, 1.807) is 6.07 Å². The summed E-state index contributed by atoms with van der Waals surface area (Å²) in [6.45, 7) is 2.09. The Balaban J connectivity index is 1.07. The first-order chi connectivity index (χ1) is 18.4. The topological polar surface area (TPSA) is 82.9 Å². The van der Waals surface area contributed by atoms with Crippen molar-refractivity contribution in [3.8, 4) is 16.9 Å². The zero-order chi connectivity index (χ0) is 26.1. The van der Waals surface area contributed by atoms with Crippen molar-refractivity contribution >= 4 is 11.8 Å². The Labute approximate surface area is 221 Å². The van der Waals surface area contributed by atoms with Gasteiger partial charge in [-0.15, -0.1) is 0 Å². The van der Waals surface area contributed by atoms with Gasteiger partial charge in [-0.2, -0.15) is 0 Å². The molecule has 1 saturated carbocycles. The number of nitrogens with zero attached hydrogens (tertiary/aromatic N) is 2. The van der Waals surface area contributed by atoms with Gasteiger partial charge in [-0.1, -0.05) is 12.1 Å². The van der Waals surface area contributed by atoms with Gasteiger partial charge in [0.15, 0.2) is 0 Å². The first-order valence-corrected chi connectivity index (χ1v) is 13.6. The number of carbonyl (C=O) groups is 1. The Kier molecular flexibility index (Phi) is 5.48. The summed E-state index contributed by atoms with van der Waals surface area (Å²) >= 11 is 0. The number of ether oxygens (including phenoxy) is 1. The molecule has 1 unspecified atom stereocenters. The summed E-state index contributed by atoms with van der Waals surface area (Å²) in [6, 6.07) is 15.7. The second kappa shape index (κ2) is 8.80. The second-order valence-corrected chi connectivity index (χ2v) is 11.4. The molecule has 2 aliphatic heterocycles. The van der Waals surface area contributed by atoms with Crippen LogP contribution < -0.4 is 9.64 Å². The van der Waals surface area contributed by atoms with Crippen molar-refractivity contribution in [2.24, 2.45) is 11.8 Å². The summed E-state index contributed by atoms with van der Waals surface area (Å²) in [5.74, 6) is 0.690. The van der Waals surface area contributed by atoms with Crippen molar-refractivity contribution < 1.29 is 24.1 Å². The molecule has 4 aliphatic rings. The highest BCUT2D eigenvalue weighted by Gasteiger charge is 2.59. The second-order valence-electron chi connectivity index (χ2n) is 11.4. The molecule has 0 spiro atoms. The molecule has 2 N–H and O–H groups in total. The van der Waals surface area contributed by atoms with E-state index >= 15 is 0 Å². The highest BCUT2D eigenvalue weighted by Crippen LogP contribution is 2.61. The van der Waals surface area contributed by atoms with Crippen molar-refractivity contribution in [2.45, 2.75) is 69.7 Å². The summed E-state index contributed by atoms with van der Waals surface area (Å²) in [6.07, 6.45) is 4.35. The minimum atomic E-state index is -0.708. The number of aliphatic hydroxyl groups excluding tert-OH is 1. The fourth-order valence-electron chi connectivity index (χ4n) is 7.35. The maximum Gasteiger partial charge on any atom is 0.307 e. The number of pyridine rings is 1. The van der Waals surface area contributed by atoms with Crippen molar-refractivity contribution in [3.05, 3.63) is 76.7 Å². The lowest BCUT2D eigenvalue weighted by atomic mass is 9.99. The number of carboxylic acids is 1. The summed E-state index contributed by atoms with van der Waals surface area (Å²) in [5, 5.41) is 19.5. The van der Waals surface area contributed by atoms with Crippen molar-refractivity contribution in [1.82, 2.24) is 4.98 Å². The van der Waals surface area contributed by atoms with Crippen LogP contribution in [0.25, 0.3) is 11.1 Å². The van der Waals surface area contributed by atoms with Gasteiger partial charge < -0.3 is 19.8 Å². The summed E-state index contributed by atoms with van der Waals surface area (Å²) < 4.78 is 20.7. The zero-order valence-electron chi connectivity index (χ0n) is 21.3. The minimum Gasteiger partial charge on any atom is -0.489 e. The van der Waals surface area contributed by atoms with Crippen LogP contribution in [0.2, 0.25) is 0 Å². The van der Waals surface area contributed by atoms with E-state index < -0.39 is 5.97 Å². The molecule has 3 heterocycles. The van der Waals surface area contributed by atoms with Gasteiger partial charge in [-0.3, -0.25) is 4.79 Å². The van der Waals surface area contributed by atoms with Gasteiger partial charge in [-0.05, 0) is 98.0 Å². The normalized spacial score (nSPS) is 28.7. The first-order valence-electron chi connectivity index (χ1n) is 13.6. The molecule has 3 aromatic rings. The van der Waals surface area contributed by atoms with Crippen molar-refractivity contribution in [1.29, 1.82) is 0 Å². The molecule has 196 valence electrons. The number of hydrogen-bond donors (Lipinski definition) is 2. The van der Waals surface area contributed by atoms with Crippen LogP contribution in [0, 0.1) is 24.6 Å². The smallest absolute Gasteiger partial charge is 0.307 e. The average molecular weight is 515 g/mol. The molecule has 2 aromatic carbocycles. The van der Waals surface area contributed by atoms with E-state index in [9.17, 15) is 19.4 Å². The third kappa shape index (κ3) is 3.87. The van der Waals surface area contributed by atoms with E-state index in [0.717, 1.165) is 65.9 Å². The Hall–Kier alpha value is -3.45. The van der Waals surface area contributed by atoms with Crippen molar-refractivity contribution in [3.63, 3.8) is 0 Å². The largest absolute Gasteiger partial charge is 0.489 e. The van der Waals surface area contributed by atoms with Crippen LogP contribution >= 0.6 is 0 Å². The summed E-state index contributed by atoms with van der Waals surface area (Å²) in [7, 11) is 0. The fraction of sp³-hybridized carbons (Fsp3) is 0.419. The average Bonchev–Trinajstić information content (AvgIpc) is 3.38. The van der Waals surface area contributed by atoms with Gasteiger partial charge in [0.05, 0.1) is 12.0 Å². The molecule has 7 rings (SSSR count). The molecule has 6 nitrogen and oxygen atoms in total. The molecule has 2 aliphatic carbocycles. The molecule has 7 heteroatoms. The van der Waals surface area contributed by atoms with Gasteiger partial charge in [0.1, 0.15) is 24.0 Å². The molecule has 6 atom stereocenters. The predicted octanol–water partition coefficient (Wildman–Crippen LogP) is 5.24. The lowest BCUT2D eigenvalue weighted by Gasteiger charge is -2.38. The van der Waals surface area contributed by atoms with Gasteiger partial charge in [-0.25, -0.2) is 9.37 Å². The molecule has 38 heavy (non-hydrogen) atoms. The van der Waals surface area contributed by atoms with Crippen LogP contribution in [-0.4, -0.2) is 39.4 Å². The zero-order valence-corrected chi connectivity index (χ0v) is 21.3. The molecule has 1 aromatic heterocycles. The number of anilines is 1. The molecular formula is C31H31FN2O4. The van der Waals surface area contributed by atoms with E-state index in [1.165, 1.54) is 6.07 Å². The van der Waals surface area contributed by atoms with Crippen LogP contribution in [0.3, 0.4) is 0 Å². The minimum absolute atomic E-state index is 0.104. The number of aliphatic hydroxyl groups is 1. The van der Waals surface area contributed by atoms with Gasteiger partial charge >= 0.3 is 5.97 Å². The monoisotopic (exact) mass is 514 g/mol. The lowest BCUT2D eigenvalue weighted by molar-refractivity contribution is -0.139. The number of fused-ring (bicyclic) bond motifs is 5.